The molecule has 0 N–H and O–H groups in total. The molecule has 0 unspecified atom stereocenters. The molecular weight excluding hydrogens is 356 g/mol. The van der Waals surface area contributed by atoms with E-state index in [-0.39, 0.29) is 11.6 Å². The van der Waals surface area contributed by atoms with E-state index in [0.29, 0.717) is 12.2 Å². The molecule has 1 aromatic heterocycles. The van der Waals surface area contributed by atoms with E-state index in [9.17, 15) is 4.79 Å². The minimum absolute atomic E-state index is 0.131. The Hall–Kier alpha value is -2.18. The number of aromatic nitrogens is 1. The van der Waals surface area contributed by atoms with Gasteiger partial charge in [-0.05, 0) is 45.0 Å². The van der Waals surface area contributed by atoms with Gasteiger partial charge in [-0.1, -0.05) is 0 Å². The number of rotatable bonds is 2. The van der Waals surface area contributed by atoms with Crippen molar-refractivity contribution in [3.05, 3.63) is 36.0 Å². The number of morpholine rings is 1. The van der Waals surface area contributed by atoms with Crippen molar-refractivity contribution in [3.8, 4) is 0 Å². The van der Waals surface area contributed by atoms with Gasteiger partial charge in [0.2, 0.25) is 0 Å². The molecule has 2 fully saturated rings. The number of hydrogen-bond acceptors (Lipinski definition) is 6. The monoisotopic (exact) mass is 384 g/mol. The molecule has 3 heterocycles. The molecule has 0 saturated carbocycles. The summed E-state index contributed by atoms with van der Waals surface area (Å²) in [6, 6.07) is 7.84. The molecule has 2 aliphatic heterocycles. The third-order valence-electron chi connectivity index (χ3n) is 5.36. The highest BCUT2D eigenvalue weighted by Crippen LogP contribution is 2.33. The van der Waals surface area contributed by atoms with Crippen molar-refractivity contribution in [1.82, 2.24) is 4.98 Å². The fraction of sp³-hybridized carbons (Fsp3) is 0.545. The van der Waals surface area contributed by atoms with Crippen LogP contribution in [0.5, 0.6) is 0 Å². The highest BCUT2D eigenvalue weighted by molar-refractivity contribution is 6.04. The Morgan fingerprint density at radius 1 is 1.18 bits per heavy atom. The van der Waals surface area contributed by atoms with Gasteiger partial charge in [0.25, 0.3) is 0 Å². The average molecular weight is 384 g/mol. The van der Waals surface area contributed by atoms with Crippen molar-refractivity contribution in [2.75, 3.05) is 37.8 Å². The number of pyridine rings is 1. The highest BCUT2D eigenvalue weighted by Gasteiger charge is 2.38. The summed E-state index contributed by atoms with van der Waals surface area (Å²) in [5, 5.41) is 0.821. The van der Waals surface area contributed by atoms with Gasteiger partial charge in [0.15, 0.2) is 0 Å². The Bertz CT molecular complexity index is 863. The number of nitrogens with zero attached hydrogens (tertiary/aromatic N) is 2. The summed E-state index contributed by atoms with van der Waals surface area (Å²) in [5.74, 6) is -0.320. The van der Waals surface area contributed by atoms with Crippen LogP contribution < -0.4 is 4.90 Å². The fourth-order valence-electron chi connectivity index (χ4n) is 3.95. The van der Waals surface area contributed by atoms with Crippen molar-refractivity contribution >= 4 is 22.6 Å². The molecule has 6 heteroatoms. The van der Waals surface area contributed by atoms with Crippen LogP contribution in [-0.2, 0) is 14.2 Å². The van der Waals surface area contributed by atoms with Crippen molar-refractivity contribution in [3.63, 3.8) is 0 Å². The van der Waals surface area contributed by atoms with E-state index < -0.39 is 5.60 Å². The molecule has 1 spiro atoms. The first-order valence-corrected chi connectivity index (χ1v) is 9.94. The van der Waals surface area contributed by atoms with Crippen LogP contribution in [0.2, 0.25) is 0 Å². The maximum Gasteiger partial charge on any atom is 0.339 e. The lowest BCUT2D eigenvalue weighted by molar-refractivity contribution is -0.116. The lowest BCUT2D eigenvalue weighted by Gasteiger charge is -2.45. The summed E-state index contributed by atoms with van der Waals surface area (Å²) in [6.45, 7) is 9.49. The Kier molecular flexibility index (Phi) is 5.02. The molecule has 2 saturated heterocycles. The lowest BCUT2D eigenvalue weighted by Crippen LogP contribution is -2.54. The number of carbonyl (C=O) groups excluding carboxylic acids is 1. The van der Waals surface area contributed by atoms with Crippen LogP contribution in [0, 0.1) is 0 Å². The van der Waals surface area contributed by atoms with E-state index in [1.807, 2.05) is 26.8 Å². The van der Waals surface area contributed by atoms with Crippen LogP contribution in [0.4, 0.5) is 5.69 Å². The van der Waals surface area contributed by atoms with Gasteiger partial charge in [-0.3, -0.25) is 4.98 Å². The normalized spacial score (nSPS) is 19.8. The first-order valence-electron chi connectivity index (χ1n) is 9.94. The standard InChI is InChI=1S/C22H28N2O4/c1-21(2,3)28-20(25)17-6-9-23-19-5-4-16(14-18(17)19)24-10-13-27-22(15-24)7-11-26-12-8-22/h4-6,9,14H,7-8,10-13,15H2,1-3H3. The van der Waals surface area contributed by atoms with E-state index in [0.717, 1.165) is 55.7 Å². The summed E-state index contributed by atoms with van der Waals surface area (Å²) < 4.78 is 17.3. The van der Waals surface area contributed by atoms with E-state index in [4.69, 9.17) is 14.2 Å². The number of ether oxygens (including phenoxy) is 3. The molecular formula is C22H28N2O4. The molecule has 0 amide bonds. The first-order chi connectivity index (χ1) is 13.4. The predicted octanol–water partition coefficient (Wildman–Crippen LogP) is 3.58. The van der Waals surface area contributed by atoms with Gasteiger partial charge in [0.05, 0.1) is 23.3 Å². The molecule has 0 atom stereocenters. The third kappa shape index (κ3) is 3.98. The average Bonchev–Trinajstić information content (AvgIpc) is 2.66. The van der Waals surface area contributed by atoms with Gasteiger partial charge >= 0.3 is 5.97 Å². The number of hydrogen-bond donors (Lipinski definition) is 0. The van der Waals surface area contributed by atoms with Gasteiger partial charge in [0, 0.05) is 56.4 Å². The van der Waals surface area contributed by atoms with Crippen LogP contribution in [-0.4, -0.2) is 55.1 Å². The zero-order chi connectivity index (χ0) is 19.8. The quantitative estimate of drug-likeness (QED) is 0.738. The van der Waals surface area contributed by atoms with Crippen LogP contribution in [0.15, 0.2) is 30.5 Å². The molecule has 28 heavy (non-hydrogen) atoms. The van der Waals surface area contributed by atoms with Crippen LogP contribution in [0.3, 0.4) is 0 Å². The van der Waals surface area contributed by atoms with Gasteiger partial charge in [-0.2, -0.15) is 0 Å². The fourth-order valence-corrected chi connectivity index (χ4v) is 3.95. The Labute approximate surface area is 165 Å². The Morgan fingerprint density at radius 2 is 1.96 bits per heavy atom. The number of benzene rings is 1. The van der Waals surface area contributed by atoms with Crippen LogP contribution in [0.1, 0.15) is 44.0 Å². The van der Waals surface area contributed by atoms with Crippen molar-refractivity contribution in [2.45, 2.75) is 44.8 Å². The van der Waals surface area contributed by atoms with Crippen molar-refractivity contribution in [2.24, 2.45) is 0 Å². The van der Waals surface area contributed by atoms with E-state index in [1.54, 1.807) is 12.3 Å². The van der Waals surface area contributed by atoms with Crippen molar-refractivity contribution < 1.29 is 19.0 Å². The van der Waals surface area contributed by atoms with E-state index in [1.165, 1.54) is 0 Å². The molecule has 0 bridgehead atoms. The smallest absolute Gasteiger partial charge is 0.339 e. The molecule has 2 aliphatic rings. The number of carbonyl (C=O) groups is 1. The lowest BCUT2D eigenvalue weighted by atomic mass is 9.92. The first kappa shape index (κ1) is 19.2. The van der Waals surface area contributed by atoms with Crippen LogP contribution in [0.25, 0.3) is 10.9 Å². The summed E-state index contributed by atoms with van der Waals surface area (Å²) in [6.07, 6.45) is 3.50. The summed E-state index contributed by atoms with van der Waals surface area (Å²) >= 11 is 0. The summed E-state index contributed by atoms with van der Waals surface area (Å²) in [7, 11) is 0. The zero-order valence-electron chi connectivity index (χ0n) is 16.9. The highest BCUT2D eigenvalue weighted by atomic mass is 16.6. The maximum absolute atomic E-state index is 12.7. The van der Waals surface area contributed by atoms with Gasteiger partial charge in [0.1, 0.15) is 5.60 Å². The topological polar surface area (TPSA) is 60.9 Å². The Balaban J connectivity index is 1.65. The zero-order valence-corrected chi connectivity index (χ0v) is 16.9. The summed E-state index contributed by atoms with van der Waals surface area (Å²) in [5.41, 5.74) is 1.76. The maximum atomic E-state index is 12.7. The largest absolute Gasteiger partial charge is 0.456 e. The summed E-state index contributed by atoms with van der Waals surface area (Å²) in [4.78, 5) is 19.5. The van der Waals surface area contributed by atoms with Gasteiger partial charge < -0.3 is 19.1 Å². The molecule has 6 nitrogen and oxygen atoms in total. The predicted molar refractivity (Wildman–Crippen MR) is 108 cm³/mol. The van der Waals surface area contributed by atoms with E-state index >= 15 is 0 Å². The minimum atomic E-state index is -0.538. The molecule has 0 aliphatic carbocycles. The molecule has 0 radical (unpaired) electrons. The molecule has 4 rings (SSSR count). The number of esters is 1. The van der Waals surface area contributed by atoms with Crippen LogP contribution >= 0.6 is 0 Å². The van der Waals surface area contributed by atoms with Crippen molar-refractivity contribution in [1.29, 1.82) is 0 Å². The number of fused-ring (bicyclic) bond motifs is 1. The third-order valence-corrected chi connectivity index (χ3v) is 5.36. The second-order valence-corrected chi connectivity index (χ2v) is 8.63. The second-order valence-electron chi connectivity index (χ2n) is 8.63. The number of anilines is 1. The minimum Gasteiger partial charge on any atom is -0.456 e. The molecule has 150 valence electrons. The Morgan fingerprint density at radius 3 is 2.71 bits per heavy atom. The van der Waals surface area contributed by atoms with E-state index in [2.05, 4.69) is 22.0 Å². The van der Waals surface area contributed by atoms with Gasteiger partial charge in [-0.25, -0.2) is 4.79 Å². The van der Waals surface area contributed by atoms with Gasteiger partial charge in [-0.15, -0.1) is 0 Å². The second kappa shape index (κ2) is 7.33. The molecule has 2 aromatic rings. The molecule has 1 aromatic carbocycles. The SMILES string of the molecule is CC(C)(C)OC(=O)c1ccnc2ccc(N3CCOC4(CCOCC4)C3)cc12.